The van der Waals surface area contributed by atoms with Crippen LogP contribution in [0.2, 0.25) is 0 Å². The third-order valence-electron chi connectivity index (χ3n) is 1.01. The van der Waals surface area contributed by atoms with Crippen LogP contribution in [-0.2, 0) is 18.4 Å². The molecule has 0 aliphatic heterocycles. The number of amides is 1. The van der Waals surface area contributed by atoms with Crippen LogP contribution in [0, 0.1) is 0 Å². The summed E-state index contributed by atoms with van der Waals surface area (Å²) in [5, 5.41) is 7.62. The van der Waals surface area contributed by atoms with Crippen molar-refractivity contribution in [3.05, 3.63) is 11.9 Å². The summed E-state index contributed by atoms with van der Waals surface area (Å²) >= 11 is 0. The topological polar surface area (TPSA) is 83.0 Å². The number of aryl methyl sites for hydroxylation is 1. The molecule has 6 heteroatoms. The average molecular weight is 156 g/mol. The van der Waals surface area contributed by atoms with Gasteiger partial charge in [0, 0.05) is 7.05 Å². The van der Waals surface area contributed by atoms with E-state index in [0.717, 1.165) is 0 Å². The molecule has 60 valence electrons. The van der Waals surface area contributed by atoms with E-state index in [1.54, 1.807) is 7.05 Å². The molecule has 0 aliphatic rings. The van der Waals surface area contributed by atoms with E-state index in [1.807, 2.05) is 0 Å². The summed E-state index contributed by atoms with van der Waals surface area (Å²) in [5.41, 5.74) is 5.31. The normalized spacial score (nSPS) is 9.55. The van der Waals surface area contributed by atoms with Crippen LogP contribution in [-0.4, -0.2) is 21.1 Å². The van der Waals surface area contributed by atoms with Crippen molar-refractivity contribution in [2.75, 3.05) is 0 Å². The molecule has 1 aromatic rings. The molecule has 0 aliphatic carbocycles. The second kappa shape index (κ2) is 3.00. The molecule has 1 amide bonds. The molecule has 11 heavy (non-hydrogen) atoms. The van der Waals surface area contributed by atoms with E-state index in [9.17, 15) is 4.79 Å². The monoisotopic (exact) mass is 156 g/mol. The molecule has 0 aromatic carbocycles. The molecule has 0 saturated carbocycles. The molecule has 0 saturated heterocycles. The summed E-state index contributed by atoms with van der Waals surface area (Å²) in [6, 6.07) is 0. The Kier molecular flexibility index (Phi) is 2.05. The van der Waals surface area contributed by atoms with Gasteiger partial charge in [-0.1, -0.05) is 0 Å². The summed E-state index contributed by atoms with van der Waals surface area (Å²) < 4.78 is 4.46. The number of hydrogen-bond acceptors (Lipinski definition) is 4. The van der Waals surface area contributed by atoms with Gasteiger partial charge in [0.15, 0.2) is 0 Å². The molecule has 1 rings (SSSR count). The zero-order chi connectivity index (χ0) is 8.27. The highest BCUT2D eigenvalue weighted by Gasteiger charge is 1.99. The molecule has 0 spiro atoms. The number of nitrogens with two attached hydrogens (primary N) is 1. The molecule has 1 heterocycles. The number of carbonyl (C=O) groups excluding carboxylic acids is 1. The van der Waals surface area contributed by atoms with Gasteiger partial charge in [-0.3, -0.25) is 0 Å². The fourth-order valence-electron chi connectivity index (χ4n) is 0.599. The minimum atomic E-state index is -0.810. The second-order valence-corrected chi connectivity index (χ2v) is 1.93. The first-order chi connectivity index (χ1) is 5.18. The summed E-state index contributed by atoms with van der Waals surface area (Å²) in [6.45, 7) is 0.0726. The highest BCUT2D eigenvalue weighted by atomic mass is 16.5. The van der Waals surface area contributed by atoms with Crippen LogP contribution >= 0.6 is 0 Å². The van der Waals surface area contributed by atoms with Gasteiger partial charge < -0.3 is 10.5 Å². The van der Waals surface area contributed by atoms with Crippen LogP contribution in [0.1, 0.15) is 5.69 Å². The van der Waals surface area contributed by atoms with Crippen molar-refractivity contribution in [2.24, 2.45) is 12.8 Å². The van der Waals surface area contributed by atoms with Gasteiger partial charge in [0.1, 0.15) is 12.3 Å². The Morgan fingerprint density at radius 2 is 2.64 bits per heavy atom. The Morgan fingerprint density at radius 1 is 1.91 bits per heavy atom. The Labute approximate surface area is 62.9 Å². The zero-order valence-corrected chi connectivity index (χ0v) is 6.02. The molecule has 0 bridgehead atoms. The van der Waals surface area contributed by atoms with E-state index in [0.29, 0.717) is 5.69 Å². The Bertz CT molecular complexity index is 257. The summed E-state index contributed by atoms with van der Waals surface area (Å²) in [4.78, 5) is 11.5. The lowest BCUT2D eigenvalue weighted by atomic mass is 10.5. The van der Waals surface area contributed by atoms with Gasteiger partial charge in [-0.15, -0.1) is 0 Å². The third kappa shape index (κ3) is 2.24. The van der Waals surface area contributed by atoms with E-state index < -0.39 is 6.09 Å². The SMILES string of the molecule is Cn1ncc(COC(N)=O)n1. The average Bonchev–Trinajstić information content (AvgIpc) is 2.31. The first-order valence-electron chi connectivity index (χ1n) is 2.96. The number of rotatable bonds is 2. The molecule has 1 aromatic heterocycles. The zero-order valence-electron chi connectivity index (χ0n) is 6.02. The summed E-state index contributed by atoms with van der Waals surface area (Å²) in [7, 11) is 1.67. The molecule has 0 unspecified atom stereocenters. The lowest BCUT2D eigenvalue weighted by molar-refractivity contribution is 0.148. The van der Waals surface area contributed by atoms with E-state index in [4.69, 9.17) is 5.73 Å². The van der Waals surface area contributed by atoms with Gasteiger partial charge in [-0.2, -0.15) is 15.0 Å². The molecule has 0 fully saturated rings. The Balaban J connectivity index is 2.45. The Morgan fingerprint density at radius 3 is 3.09 bits per heavy atom. The lowest BCUT2D eigenvalue weighted by Crippen LogP contribution is -2.12. The molecular formula is C5H8N4O2. The van der Waals surface area contributed by atoms with Crippen LogP contribution in [0.15, 0.2) is 6.20 Å². The minimum absolute atomic E-state index is 0.0726. The first-order valence-corrected chi connectivity index (χ1v) is 2.96. The highest BCUT2D eigenvalue weighted by Crippen LogP contribution is 1.92. The van der Waals surface area contributed by atoms with Gasteiger partial charge in [0.05, 0.1) is 6.20 Å². The van der Waals surface area contributed by atoms with E-state index in [-0.39, 0.29) is 6.61 Å². The first kappa shape index (κ1) is 7.52. The van der Waals surface area contributed by atoms with Gasteiger partial charge >= 0.3 is 6.09 Å². The van der Waals surface area contributed by atoms with Crippen molar-refractivity contribution < 1.29 is 9.53 Å². The standard InChI is InChI=1S/C5H8N4O2/c1-9-7-2-4(8-9)3-11-5(6)10/h2H,3H2,1H3,(H2,6,10). The highest BCUT2D eigenvalue weighted by molar-refractivity contribution is 5.64. The quantitative estimate of drug-likeness (QED) is 0.620. The molecule has 2 N–H and O–H groups in total. The maximum Gasteiger partial charge on any atom is 0.404 e. The van der Waals surface area contributed by atoms with Crippen molar-refractivity contribution in [3.8, 4) is 0 Å². The van der Waals surface area contributed by atoms with Crippen molar-refractivity contribution in [2.45, 2.75) is 6.61 Å². The number of hydrogen-bond donors (Lipinski definition) is 1. The largest absolute Gasteiger partial charge is 0.443 e. The van der Waals surface area contributed by atoms with Gasteiger partial charge in [0.25, 0.3) is 0 Å². The summed E-state index contributed by atoms with van der Waals surface area (Å²) in [5.74, 6) is 0. The molecule has 6 nitrogen and oxygen atoms in total. The van der Waals surface area contributed by atoms with Crippen molar-refractivity contribution in [3.63, 3.8) is 0 Å². The third-order valence-corrected chi connectivity index (χ3v) is 1.01. The minimum Gasteiger partial charge on any atom is -0.443 e. The van der Waals surface area contributed by atoms with Crippen LogP contribution in [0.3, 0.4) is 0 Å². The van der Waals surface area contributed by atoms with Gasteiger partial charge in [-0.05, 0) is 0 Å². The van der Waals surface area contributed by atoms with Crippen molar-refractivity contribution in [1.29, 1.82) is 0 Å². The maximum atomic E-state index is 10.1. The lowest BCUT2D eigenvalue weighted by Gasteiger charge is -1.94. The number of aromatic nitrogens is 3. The van der Waals surface area contributed by atoms with Gasteiger partial charge in [-0.25, -0.2) is 4.79 Å². The predicted octanol–water partition coefficient (Wildman–Crippen LogP) is -0.590. The smallest absolute Gasteiger partial charge is 0.404 e. The van der Waals surface area contributed by atoms with Gasteiger partial charge in [0.2, 0.25) is 0 Å². The summed E-state index contributed by atoms with van der Waals surface area (Å²) in [6.07, 6.45) is 0.693. The molecule has 0 atom stereocenters. The maximum absolute atomic E-state index is 10.1. The van der Waals surface area contributed by atoms with Crippen LogP contribution in [0.5, 0.6) is 0 Å². The van der Waals surface area contributed by atoms with E-state index in [1.165, 1.54) is 11.0 Å². The van der Waals surface area contributed by atoms with Crippen LogP contribution in [0.25, 0.3) is 0 Å². The van der Waals surface area contributed by atoms with E-state index >= 15 is 0 Å². The number of primary amides is 1. The number of nitrogens with zero attached hydrogens (tertiary/aromatic N) is 3. The van der Waals surface area contributed by atoms with Crippen molar-refractivity contribution >= 4 is 6.09 Å². The van der Waals surface area contributed by atoms with E-state index in [2.05, 4.69) is 14.9 Å². The molecule has 0 radical (unpaired) electrons. The fraction of sp³-hybridized carbons (Fsp3) is 0.400. The number of ether oxygens (including phenoxy) is 1. The second-order valence-electron chi connectivity index (χ2n) is 1.93. The van der Waals surface area contributed by atoms with Crippen LogP contribution in [0.4, 0.5) is 4.79 Å². The Hall–Kier alpha value is -1.59. The van der Waals surface area contributed by atoms with Crippen LogP contribution < -0.4 is 5.73 Å². The molecular weight excluding hydrogens is 148 g/mol. The fourth-order valence-corrected chi connectivity index (χ4v) is 0.599. The van der Waals surface area contributed by atoms with Crippen molar-refractivity contribution in [1.82, 2.24) is 15.0 Å². The predicted molar refractivity (Wildman–Crippen MR) is 35.4 cm³/mol. The number of carbonyl (C=O) groups is 1.